The minimum Gasteiger partial charge on any atom is -0.379 e. The molecule has 0 spiro atoms. The average molecular weight is 753 g/mol. The second-order valence-electron chi connectivity index (χ2n) is 10.3. The highest BCUT2D eigenvalue weighted by atomic mass is 79.9. The Bertz CT molecular complexity index is 1670. The Morgan fingerprint density at radius 3 is 2.02 bits per heavy atom. The maximum atomic E-state index is 13.7. The summed E-state index contributed by atoms with van der Waals surface area (Å²) >= 11 is 13.4. The van der Waals surface area contributed by atoms with Crippen molar-refractivity contribution in [3.05, 3.63) is 94.5 Å². The number of nitrogens with zero attached hydrogens (tertiary/aromatic N) is 2. The number of hydrogen-bond donors (Lipinski definition) is 0. The van der Waals surface area contributed by atoms with Gasteiger partial charge in [-0.05, 0) is 68.3 Å². The fourth-order valence-electron chi connectivity index (χ4n) is 5.13. The van der Waals surface area contributed by atoms with E-state index >= 15 is 0 Å². The molecule has 3 aromatic carbocycles. The summed E-state index contributed by atoms with van der Waals surface area (Å²) < 4.78 is 30.5. The van der Waals surface area contributed by atoms with E-state index in [4.69, 9.17) is 15.8 Å². The number of Topliss-reactive ketones (excluding diaryl/α,β-unsaturated/α-hetero) is 1. The molecule has 9 nitrogen and oxygen atoms in total. The smallest absolute Gasteiger partial charge is 0.339 e. The first-order valence-electron chi connectivity index (χ1n) is 13.2. The van der Waals surface area contributed by atoms with E-state index in [2.05, 4.69) is 31.9 Å². The fourth-order valence-corrected chi connectivity index (χ4v) is 7.51. The molecular weight excluding hydrogens is 728 g/mol. The van der Waals surface area contributed by atoms with Crippen molar-refractivity contribution in [3.63, 3.8) is 0 Å². The zero-order chi connectivity index (χ0) is 31.1. The molecule has 0 bridgehead atoms. The Labute approximate surface area is 270 Å². The van der Waals surface area contributed by atoms with Gasteiger partial charge in [-0.15, -0.1) is 0 Å². The zero-order valence-electron chi connectivity index (χ0n) is 22.7. The SMILES string of the molecule is Cc1ccc(S(=O)(=O)Oc2ccc(C(=O)CN(C(=O)c3ccccc3Cl)N3C(=O)[C@@H]4C[C@@H](Br)[C@@H](Br)C[C@H]4C3=O)cc2)cc1. The number of hydrogen-bond acceptors (Lipinski definition) is 7. The van der Waals surface area contributed by atoms with Gasteiger partial charge in [0.2, 0.25) is 0 Å². The van der Waals surface area contributed by atoms with Gasteiger partial charge in [-0.1, -0.05) is 73.3 Å². The average Bonchev–Trinajstić information content (AvgIpc) is 3.20. The number of ketones is 1. The van der Waals surface area contributed by atoms with Gasteiger partial charge in [-0.3, -0.25) is 19.2 Å². The predicted molar refractivity (Wildman–Crippen MR) is 166 cm³/mol. The first-order chi connectivity index (χ1) is 20.4. The summed E-state index contributed by atoms with van der Waals surface area (Å²) in [6.07, 6.45) is 0.771. The van der Waals surface area contributed by atoms with Crippen LogP contribution in [0.2, 0.25) is 5.02 Å². The van der Waals surface area contributed by atoms with E-state index < -0.39 is 52.0 Å². The van der Waals surface area contributed by atoms with E-state index in [1.807, 2.05) is 6.92 Å². The van der Waals surface area contributed by atoms with Crippen molar-refractivity contribution in [2.75, 3.05) is 6.54 Å². The monoisotopic (exact) mass is 750 g/mol. The second kappa shape index (κ2) is 12.5. The molecule has 2 fully saturated rings. The maximum absolute atomic E-state index is 13.7. The molecule has 1 aliphatic heterocycles. The molecule has 0 N–H and O–H groups in total. The number of fused-ring (bicyclic) bond motifs is 1. The molecule has 0 radical (unpaired) electrons. The van der Waals surface area contributed by atoms with Crippen molar-refractivity contribution in [1.29, 1.82) is 0 Å². The summed E-state index contributed by atoms with van der Waals surface area (Å²) in [5.74, 6) is -3.81. The van der Waals surface area contributed by atoms with Crippen molar-refractivity contribution in [3.8, 4) is 5.75 Å². The van der Waals surface area contributed by atoms with Gasteiger partial charge in [0.05, 0.1) is 22.4 Å². The fraction of sp³-hybridized carbons (Fsp3) is 0.267. The topological polar surface area (TPSA) is 118 Å². The number of hydrazine groups is 1. The minimum atomic E-state index is -4.11. The van der Waals surface area contributed by atoms with E-state index in [1.165, 1.54) is 48.5 Å². The first-order valence-corrected chi connectivity index (χ1v) is 16.9. The van der Waals surface area contributed by atoms with Crippen LogP contribution in [0.15, 0.2) is 77.7 Å². The Morgan fingerprint density at radius 2 is 1.47 bits per heavy atom. The highest BCUT2D eigenvalue weighted by Crippen LogP contribution is 2.44. The Kier molecular flexibility index (Phi) is 9.12. The van der Waals surface area contributed by atoms with Crippen molar-refractivity contribution in [1.82, 2.24) is 10.0 Å². The quantitative estimate of drug-likeness (QED) is 0.128. The molecule has 0 aromatic heterocycles. The molecule has 43 heavy (non-hydrogen) atoms. The van der Waals surface area contributed by atoms with Gasteiger partial charge in [0.15, 0.2) is 5.78 Å². The summed E-state index contributed by atoms with van der Waals surface area (Å²) in [5, 5.41) is 1.74. The van der Waals surface area contributed by atoms with Gasteiger partial charge < -0.3 is 4.18 Å². The molecule has 1 saturated heterocycles. The number of carbonyl (C=O) groups is 4. The number of imide groups is 1. The zero-order valence-corrected chi connectivity index (χ0v) is 27.4. The van der Waals surface area contributed by atoms with Gasteiger partial charge in [0.1, 0.15) is 17.2 Å². The van der Waals surface area contributed by atoms with Crippen LogP contribution in [0.4, 0.5) is 0 Å². The van der Waals surface area contributed by atoms with Crippen LogP contribution in [0.5, 0.6) is 5.75 Å². The Hall–Kier alpha value is -3.06. The summed E-state index contributed by atoms with van der Waals surface area (Å²) in [7, 11) is -4.11. The van der Waals surface area contributed by atoms with Crippen LogP contribution in [0.1, 0.15) is 39.1 Å². The molecule has 13 heteroatoms. The lowest BCUT2D eigenvalue weighted by Gasteiger charge is -2.30. The van der Waals surface area contributed by atoms with Crippen LogP contribution in [-0.2, 0) is 19.7 Å². The van der Waals surface area contributed by atoms with Gasteiger partial charge in [0.25, 0.3) is 17.7 Å². The minimum absolute atomic E-state index is 0.0224. The van der Waals surface area contributed by atoms with Gasteiger partial charge in [0, 0.05) is 15.2 Å². The van der Waals surface area contributed by atoms with Crippen LogP contribution in [0, 0.1) is 18.8 Å². The highest BCUT2D eigenvalue weighted by molar-refractivity contribution is 9.12. The molecule has 0 unspecified atom stereocenters. The molecule has 5 rings (SSSR count). The molecule has 1 heterocycles. The number of aryl methyl sites for hydroxylation is 1. The number of halogens is 3. The Morgan fingerprint density at radius 1 is 0.907 bits per heavy atom. The lowest BCUT2D eigenvalue weighted by molar-refractivity contribution is -0.154. The second-order valence-corrected chi connectivity index (χ2v) is 14.7. The molecule has 3 aromatic rings. The third-order valence-corrected chi connectivity index (χ3v) is 11.8. The normalized spacial score (nSPS) is 21.8. The van der Waals surface area contributed by atoms with Crippen LogP contribution < -0.4 is 4.18 Å². The van der Waals surface area contributed by atoms with Crippen LogP contribution in [-0.4, -0.2) is 58.1 Å². The van der Waals surface area contributed by atoms with Crippen LogP contribution in [0.25, 0.3) is 0 Å². The largest absolute Gasteiger partial charge is 0.379 e. The molecule has 224 valence electrons. The van der Waals surface area contributed by atoms with Crippen molar-refractivity contribution in [2.45, 2.75) is 34.3 Å². The van der Waals surface area contributed by atoms with Crippen molar-refractivity contribution < 1.29 is 31.8 Å². The third-order valence-electron chi connectivity index (χ3n) is 7.45. The number of rotatable bonds is 8. The van der Waals surface area contributed by atoms with E-state index in [-0.39, 0.29) is 36.4 Å². The van der Waals surface area contributed by atoms with Gasteiger partial charge in [-0.25, -0.2) is 5.01 Å². The van der Waals surface area contributed by atoms with Crippen LogP contribution >= 0.6 is 43.5 Å². The highest BCUT2D eigenvalue weighted by Gasteiger charge is 2.54. The third kappa shape index (κ3) is 6.43. The summed E-state index contributed by atoms with van der Waals surface area (Å²) in [5.41, 5.74) is 1.02. The molecule has 3 amide bonds. The summed E-state index contributed by atoms with van der Waals surface area (Å²) in [4.78, 5) is 54.2. The molecule has 1 aliphatic carbocycles. The summed E-state index contributed by atoms with van der Waals surface area (Å²) in [6, 6.07) is 17.6. The molecule has 4 atom stereocenters. The Balaban J connectivity index is 1.40. The molecule has 2 aliphatic rings. The lowest BCUT2D eigenvalue weighted by atomic mass is 9.81. The van der Waals surface area contributed by atoms with Crippen molar-refractivity contribution >= 4 is 77.1 Å². The predicted octanol–water partition coefficient (Wildman–Crippen LogP) is 5.58. The number of benzene rings is 3. The number of amides is 3. The van der Waals surface area contributed by atoms with Crippen molar-refractivity contribution in [2.24, 2.45) is 11.8 Å². The first kappa shape index (κ1) is 31.4. The standard InChI is InChI=1S/C30H25Br2ClN2O7S/c1-17-6-12-20(13-7-17)43(40,41)42-19-10-8-18(9-11-19)27(36)16-34(28(37)21-4-2-3-5-26(21)33)35-29(38)22-14-24(31)25(32)15-23(22)30(35)39/h2-13,22-25H,14-16H2,1H3/t22-,23-,24-,25+/m1/s1. The maximum Gasteiger partial charge on any atom is 0.339 e. The summed E-state index contributed by atoms with van der Waals surface area (Å²) in [6.45, 7) is 1.19. The van der Waals surface area contributed by atoms with Crippen LogP contribution in [0.3, 0.4) is 0 Å². The van der Waals surface area contributed by atoms with E-state index in [1.54, 1.807) is 24.3 Å². The molecular formula is C30H25Br2ClN2O7S. The lowest BCUT2D eigenvalue weighted by Crippen LogP contribution is -2.52. The number of alkyl halides is 2. The van der Waals surface area contributed by atoms with E-state index in [9.17, 15) is 27.6 Å². The molecule has 1 saturated carbocycles. The van der Waals surface area contributed by atoms with Gasteiger partial charge in [-0.2, -0.15) is 13.4 Å². The van der Waals surface area contributed by atoms with E-state index in [0.29, 0.717) is 12.8 Å². The number of carbonyl (C=O) groups excluding carboxylic acids is 4. The van der Waals surface area contributed by atoms with E-state index in [0.717, 1.165) is 15.6 Å². The van der Waals surface area contributed by atoms with Gasteiger partial charge >= 0.3 is 10.1 Å².